The second kappa shape index (κ2) is 1.63. The van der Waals surface area contributed by atoms with Gasteiger partial charge in [0.05, 0.1) is 0 Å². The van der Waals surface area contributed by atoms with Crippen LogP contribution in [-0.2, 0) is 9.53 Å². The van der Waals surface area contributed by atoms with Crippen LogP contribution in [0.15, 0.2) is 11.5 Å². The summed E-state index contributed by atoms with van der Waals surface area (Å²) in [4.78, 5) is 10.2. The maximum atomic E-state index is 10.2. The molecule has 4 N–H and O–H groups in total. The van der Waals surface area contributed by atoms with Gasteiger partial charge in [0.1, 0.15) is 0 Å². The van der Waals surface area contributed by atoms with Crippen LogP contribution in [0, 0.1) is 0 Å². The third kappa shape index (κ3) is 0.706. The van der Waals surface area contributed by atoms with Crippen LogP contribution in [-0.4, -0.2) is 22.4 Å². The molecule has 1 aliphatic rings. The molecule has 5 nitrogen and oxygen atoms in total. The Morgan fingerprint density at radius 1 is 1.56 bits per heavy atom. The standard InChI is InChI=1S/C4H5NO4/c5-3-1(6)2(7)4(8)9-3/h3,6-7H,5H2. The monoisotopic (exact) mass is 131 g/mol. The van der Waals surface area contributed by atoms with E-state index in [0.717, 1.165) is 0 Å². The van der Waals surface area contributed by atoms with Crippen LogP contribution in [0.25, 0.3) is 0 Å². The van der Waals surface area contributed by atoms with Crippen molar-refractivity contribution in [2.24, 2.45) is 5.73 Å². The van der Waals surface area contributed by atoms with Crippen LogP contribution in [0.5, 0.6) is 0 Å². The average molecular weight is 131 g/mol. The Labute approximate surface area is 50.3 Å². The summed E-state index contributed by atoms with van der Waals surface area (Å²) in [5.74, 6) is -2.40. The highest BCUT2D eigenvalue weighted by Gasteiger charge is 2.31. The molecule has 0 aromatic carbocycles. The molecule has 1 heterocycles. The zero-order valence-electron chi connectivity index (χ0n) is 4.37. The fraction of sp³-hybridized carbons (Fsp3) is 0.250. The summed E-state index contributed by atoms with van der Waals surface area (Å²) < 4.78 is 4.15. The first kappa shape index (κ1) is 5.90. The summed E-state index contributed by atoms with van der Waals surface area (Å²) in [6.07, 6.45) is -1.20. The van der Waals surface area contributed by atoms with Crippen molar-refractivity contribution in [3.63, 3.8) is 0 Å². The van der Waals surface area contributed by atoms with Crippen molar-refractivity contribution in [3.05, 3.63) is 11.5 Å². The predicted octanol–water partition coefficient (Wildman–Crippen LogP) is -0.844. The molecule has 0 radical (unpaired) electrons. The van der Waals surface area contributed by atoms with Crippen LogP contribution in [0.4, 0.5) is 0 Å². The number of nitrogens with two attached hydrogens (primary N) is 1. The fourth-order valence-corrected chi connectivity index (χ4v) is 0.466. The zero-order chi connectivity index (χ0) is 7.02. The minimum Gasteiger partial charge on any atom is -0.504 e. The number of hydrogen-bond donors (Lipinski definition) is 3. The largest absolute Gasteiger partial charge is 0.504 e. The van der Waals surface area contributed by atoms with Crippen molar-refractivity contribution >= 4 is 5.97 Å². The number of cyclic esters (lactones) is 1. The molecule has 0 saturated carbocycles. The maximum absolute atomic E-state index is 10.2. The highest BCUT2D eigenvalue weighted by Crippen LogP contribution is 2.13. The molecular weight excluding hydrogens is 126 g/mol. The zero-order valence-corrected chi connectivity index (χ0v) is 4.37. The summed E-state index contributed by atoms with van der Waals surface area (Å²) in [6, 6.07) is 0. The van der Waals surface area contributed by atoms with E-state index in [-0.39, 0.29) is 0 Å². The smallest absolute Gasteiger partial charge is 0.379 e. The second-order valence-electron chi connectivity index (χ2n) is 1.56. The van der Waals surface area contributed by atoms with Crippen LogP contribution in [0.1, 0.15) is 0 Å². The van der Waals surface area contributed by atoms with Crippen molar-refractivity contribution in [1.29, 1.82) is 0 Å². The van der Waals surface area contributed by atoms with E-state index in [1.54, 1.807) is 0 Å². The molecule has 0 bridgehead atoms. The summed E-state index contributed by atoms with van der Waals surface area (Å²) in [7, 11) is 0. The number of rotatable bonds is 0. The number of esters is 1. The van der Waals surface area contributed by atoms with E-state index in [2.05, 4.69) is 4.74 Å². The third-order valence-corrected chi connectivity index (χ3v) is 0.939. The molecule has 1 aliphatic heterocycles. The van der Waals surface area contributed by atoms with Gasteiger partial charge in [-0.3, -0.25) is 5.73 Å². The predicted molar refractivity (Wildman–Crippen MR) is 26.4 cm³/mol. The molecule has 0 saturated heterocycles. The summed E-state index contributed by atoms with van der Waals surface area (Å²) in [5.41, 5.74) is 4.95. The molecule has 5 heteroatoms. The van der Waals surface area contributed by atoms with Gasteiger partial charge in [-0.25, -0.2) is 4.79 Å². The summed E-state index contributed by atoms with van der Waals surface area (Å²) in [6.45, 7) is 0. The van der Waals surface area contributed by atoms with Gasteiger partial charge >= 0.3 is 5.97 Å². The molecule has 1 atom stereocenters. The SMILES string of the molecule is NC1OC(=O)C(O)=C1O. The summed E-state index contributed by atoms with van der Waals surface area (Å²) >= 11 is 0. The fourth-order valence-electron chi connectivity index (χ4n) is 0.466. The lowest BCUT2D eigenvalue weighted by Gasteiger charge is -1.98. The second-order valence-corrected chi connectivity index (χ2v) is 1.56. The molecule has 1 unspecified atom stereocenters. The van der Waals surface area contributed by atoms with Crippen LogP contribution in [0.2, 0.25) is 0 Å². The number of carbonyl (C=O) groups is 1. The van der Waals surface area contributed by atoms with E-state index in [1.807, 2.05) is 0 Å². The first-order chi connectivity index (χ1) is 4.13. The molecule has 0 spiro atoms. The van der Waals surface area contributed by atoms with E-state index in [4.69, 9.17) is 15.9 Å². The molecule has 0 aromatic rings. The van der Waals surface area contributed by atoms with E-state index in [0.29, 0.717) is 0 Å². The lowest BCUT2D eigenvalue weighted by Crippen LogP contribution is -2.22. The van der Waals surface area contributed by atoms with E-state index < -0.39 is 23.7 Å². The van der Waals surface area contributed by atoms with Gasteiger partial charge in [0.15, 0.2) is 5.76 Å². The summed E-state index contributed by atoms with van der Waals surface area (Å²) in [5, 5.41) is 17.1. The number of ether oxygens (including phenoxy) is 1. The molecular formula is C4H5NO4. The Morgan fingerprint density at radius 3 is 2.22 bits per heavy atom. The molecule has 0 amide bonds. The first-order valence-electron chi connectivity index (χ1n) is 2.21. The minimum absolute atomic E-state index is 0.611. The van der Waals surface area contributed by atoms with Gasteiger partial charge in [0.25, 0.3) is 0 Å². The van der Waals surface area contributed by atoms with Crippen LogP contribution < -0.4 is 5.73 Å². The van der Waals surface area contributed by atoms with Gasteiger partial charge in [0, 0.05) is 0 Å². The Balaban J connectivity index is 2.92. The molecule has 9 heavy (non-hydrogen) atoms. The molecule has 0 aromatic heterocycles. The van der Waals surface area contributed by atoms with Crippen molar-refractivity contribution in [2.75, 3.05) is 0 Å². The third-order valence-electron chi connectivity index (χ3n) is 0.939. The minimum atomic E-state index is -1.20. The van der Waals surface area contributed by atoms with Crippen molar-refractivity contribution in [1.82, 2.24) is 0 Å². The van der Waals surface area contributed by atoms with Crippen molar-refractivity contribution in [2.45, 2.75) is 6.23 Å². The van der Waals surface area contributed by atoms with Crippen molar-refractivity contribution in [3.8, 4) is 0 Å². The lowest BCUT2D eigenvalue weighted by atomic mass is 10.4. The first-order valence-corrected chi connectivity index (χ1v) is 2.21. The number of aliphatic hydroxyl groups excluding tert-OH is 2. The highest BCUT2D eigenvalue weighted by molar-refractivity contribution is 5.88. The molecule has 0 aliphatic carbocycles. The van der Waals surface area contributed by atoms with Gasteiger partial charge in [-0.1, -0.05) is 0 Å². The topological polar surface area (TPSA) is 92.8 Å². The Morgan fingerprint density at radius 2 is 2.11 bits per heavy atom. The van der Waals surface area contributed by atoms with Crippen molar-refractivity contribution < 1.29 is 19.7 Å². The Kier molecular flexibility index (Phi) is 1.07. The van der Waals surface area contributed by atoms with Gasteiger partial charge in [0.2, 0.25) is 12.0 Å². The normalized spacial score (nSPS) is 26.8. The average Bonchev–Trinajstić information content (AvgIpc) is 1.98. The highest BCUT2D eigenvalue weighted by atomic mass is 16.6. The van der Waals surface area contributed by atoms with Gasteiger partial charge < -0.3 is 14.9 Å². The molecule has 1 rings (SSSR count). The Bertz CT molecular complexity index is 185. The quantitative estimate of drug-likeness (QED) is 0.372. The van der Waals surface area contributed by atoms with Gasteiger partial charge in [-0.05, 0) is 0 Å². The van der Waals surface area contributed by atoms with Crippen LogP contribution in [0.3, 0.4) is 0 Å². The molecule has 0 fully saturated rings. The maximum Gasteiger partial charge on any atom is 0.379 e. The van der Waals surface area contributed by atoms with E-state index in [1.165, 1.54) is 0 Å². The Hall–Kier alpha value is -1.23. The number of hydrogen-bond acceptors (Lipinski definition) is 5. The van der Waals surface area contributed by atoms with Gasteiger partial charge in [-0.15, -0.1) is 0 Å². The van der Waals surface area contributed by atoms with E-state index in [9.17, 15) is 4.79 Å². The number of aliphatic hydroxyl groups is 2. The van der Waals surface area contributed by atoms with Gasteiger partial charge in [-0.2, -0.15) is 0 Å². The van der Waals surface area contributed by atoms with E-state index >= 15 is 0 Å². The molecule has 50 valence electrons. The van der Waals surface area contributed by atoms with Crippen LogP contribution >= 0.6 is 0 Å². The number of carbonyl (C=O) groups excluding carboxylic acids is 1. The lowest BCUT2D eigenvalue weighted by molar-refractivity contribution is -0.142.